The molecule has 3 heteroatoms. The molecule has 0 aliphatic heterocycles. The van der Waals surface area contributed by atoms with Crippen LogP contribution in [0.25, 0.3) is 0 Å². The Morgan fingerprint density at radius 1 is 1.47 bits per heavy atom. The summed E-state index contributed by atoms with van der Waals surface area (Å²) < 4.78 is 0. The number of rotatable bonds is 6. The van der Waals surface area contributed by atoms with Gasteiger partial charge in [-0.1, -0.05) is 0 Å². The van der Waals surface area contributed by atoms with Gasteiger partial charge in [0.15, 0.2) is 0 Å². The molecule has 0 amide bonds. The van der Waals surface area contributed by atoms with E-state index in [4.69, 9.17) is 0 Å². The minimum atomic E-state index is 0.530. The van der Waals surface area contributed by atoms with E-state index < -0.39 is 0 Å². The zero-order valence-corrected chi connectivity index (χ0v) is 11.1. The van der Waals surface area contributed by atoms with Crippen LogP contribution in [0.15, 0.2) is 18.5 Å². The Balaban J connectivity index is 2.12. The van der Waals surface area contributed by atoms with E-state index in [1.807, 2.05) is 12.4 Å². The first-order chi connectivity index (χ1) is 8.22. The predicted molar refractivity (Wildman–Crippen MR) is 72.3 cm³/mol. The molecular formula is C14H23N3. The maximum Gasteiger partial charge on any atom is 0.0445 e. The van der Waals surface area contributed by atoms with E-state index in [0.29, 0.717) is 6.04 Å². The minimum absolute atomic E-state index is 0.530. The van der Waals surface area contributed by atoms with Gasteiger partial charge < -0.3 is 10.2 Å². The number of nitrogens with one attached hydrogen (secondary N) is 1. The Kier molecular flexibility index (Phi) is 4.00. The summed E-state index contributed by atoms with van der Waals surface area (Å²) in [4.78, 5) is 6.68. The molecule has 1 aliphatic carbocycles. The van der Waals surface area contributed by atoms with Crippen LogP contribution in [0.5, 0.6) is 0 Å². The molecule has 1 fully saturated rings. The average Bonchev–Trinajstić information content (AvgIpc) is 3.12. The quantitative estimate of drug-likeness (QED) is 0.818. The Bertz CT molecular complexity index is 358. The summed E-state index contributed by atoms with van der Waals surface area (Å²) in [6.45, 7) is 8.66. The monoisotopic (exact) mass is 233 g/mol. The van der Waals surface area contributed by atoms with E-state index in [1.54, 1.807) is 0 Å². The first kappa shape index (κ1) is 12.4. The van der Waals surface area contributed by atoms with E-state index in [0.717, 1.165) is 19.1 Å². The summed E-state index contributed by atoms with van der Waals surface area (Å²) in [6.07, 6.45) is 6.55. The topological polar surface area (TPSA) is 28.2 Å². The first-order valence-electron chi connectivity index (χ1n) is 6.65. The standard InChI is InChI=1S/C14H23N3/c1-4-17(11(2)3)14-7-8-15-9-12(14)10-16-13-5-6-13/h7-9,11,13,16H,4-6,10H2,1-3H3. The fraction of sp³-hybridized carbons (Fsp3) is 0.643. The maximum absolute atomic E-state index is 4.25. The molecule has 0 atom stereocenters. The van der Waals surface area contributed by atoms with E-state index in [2.05, 4.69) is 42.0 Å². The molecule has 17 heavy (non-hydrogen) atoms. The lowest BCUT2D eigenvalue weighted by Crippen LogP contribution is -2.32. The number of aromatic nitrogens is 1. The lowest BCUT2D eigenvalue weighted by Gasteiger charge is -2.29. The van der Waals surface area contributed by atoms with Crippen molar-refractivity contribution in [1.29, 1.82) is 0 Å². The van der Waals surface area contributed by atoms with Gasteiger partial charge in [-0.25, -0.2) is 0 Å². The van der Waals surface area contributed by atoms with E-state index >= 15 is 0 Å². The van der Waals surface area contributed by atoms with Gasteiger partial charge in [0.05, 0.1) is 0 Å². The number of hydrogen-bond acceptors (Lipinski definition) is 3. The van der Waals surface area contributed by atoms with Gasteiger partial charge in [0.25, 0.3) is 0 Å². The second-order valence-electron chi connectivity index (χ2n) is 5.04. The molecule has 0 bridgehead atoms. The highest BCUT2D eigenvalue weighted by molar-refractivity contribution is 5.52. The predicted octanol–water partition coefficient (Wildman–Crippen LogP) is 2.57. The van der Waals surface area contributed by atoms with Gasteiger partial charge in [0.2, 0.25) is 0 Å². The van der Waals surface area contributed by atoms with Crippen LogP contribution in [-0.2, 0) is 6.54 Å². The molecule has 1 N–H and O–H groups in total. The minimum Gasteiger partial charge on any atom is -0.369 e. The molecule has 0 saturated heterocycles. The molecule has 2 rings (SSSR count). The molecule has 1 aromatic rings. The van der Waals surface area contributed by atoms with Gasteiger partial charge in [-0.3, -0.25) is 4.98 Å². The molecule has 0 aromatic carbocycles. The Hall–Kier alpha value is -1.09. The first-order valence-corrected chi connectivity index (χ1v) is 6.65. The zero-order valence-electron chi connectivity index (χ0n) is 11.1. The van der Waals surface area contributed by atoms with Gasteiger partial charge >= 0.3 is 0 Å². The van der Waals surface area contributed by atoms with Crippen LogP contribution >= 0.6 is 0 Å². The lowest BCUT2D eigenvalue weighted by molar-refractivity contribution is 0.665. The summed E-state index contributed by atoms with van der Waals surface area (Å²) in [5.41, 5.74) is 2.64. The fourth-order valence-electron chi connectivity index (χ4n) is 2.19. The second kappa shape index (κ2) is 5.50. The molecule has 1 saturated carbocycles. The van der Waals surface area contributed by atoms with E-state index in [9.17, 15) is 0 Å². The highest BCUT2D eigenvalue weighted by Crippen LogP contribution is 2.24. The Morgan fingerprint density at radius 3 is 2.82 bits per heavy atom. The van der Waals surface area contributed by atoms with Gasteiger partial charge in [-0.2, -0.15) is 0 Å². The van der Waals surface area contributed by atoms with Crippen molar-refractivity contribution in [3.05, 3.63) is 24.0 Å². The van der Waals surface area contributed by atoms with Crippen LogP contribution in [0.1, 0.15) is 39.2 Å². The fourth-order valence-corrected chi connectivity index (χ4v) is 2.19. The van der Waals surface area contributed by atoms with Crippen molar-refractivity contribution in [2.75, 3.05) is 11.4 Å². The highest BCUT2D eigenvalue weighted by atomic mass is 15.2. The molecule has 0 unspecified atom stereocenters. The third kappa shape index (κ3) is 3.19. The number of nitrogens with zero attached hydrogens (tertiary/aromatic N) is 2. The largest absolute Gasteiger partial charge is 0.369 e. The normalized spacial score (nSPS) is 15.3. The van der Waals surface area contributed by atoms with Gasteiger partial charge in [0, 0.05) is 48.8 Å². The SMILES string of the molecule is CCN(c1ccncc1CNC1CC1)C(C)C. The number of hydrogen-bond donors (Lipinski definition) is 1. The van der Waals surface area contributed by atoms with Gasteiger partial charge in [-0.05, 0) is 39.7 Å². The summed E-state index contributed by atoms with van der Waals surface area (Å²) >= 11 is 0. The summed E-state index contributed by atoms with van der Waals surface area (Å²) in [6, 6.07) is 3.41. The molecule has 0 spiro atoms. The lowest BCUT2D eigenvalue weighted by atomic mass is 10.1. The van der Waals surface area contributed by atoms with Crippen molar-refractivity contribution >= 4 is 5.69 Å². The van der Waals surface area contributed by atoms with Crippen molar-refractivity contribution in [2.45, 2.75) is 52.2 Å². The Labute approximate surface area is 104 Å². The molecular weight excluding hydrogens is 210 g/mol. The van der Waals surface area contributed by atoms with Crippen molar-refractivity contribution in [1.82, 2.24) is 10.3 Å². The molecule has 1 aliphatic rings. The maximum atomic E-state index is 4.25. The van der Waals surface area contributed by atoms with Crippen LogP contribution in [0, 0.1) is 0 Å². The van der Waals surface area contributed by atoms with Crippen LogP contribution in [0.3, 0.4) is 0 Å². The zero-order chi connectivity index (χ0) is 12.3. The van der Waals surface area contributed by atoms with Crippen LogP contribution in [0.2, 0.25) is 0 Å². The molecule has 1 heterocycles. The molecule has 94 valence electrons. The third-order valence-electron chi connectivity index (χ3n) is 3.31. The second-order valence-corrected chi connectivity index (χ2v) is 5.04. The van der Waals surface area contributed by atoms with Gasteiger partial charge in [0.1, 0.15) is 0 Å². The van der Waals surface area contributed by atoms with Crippen LogP contribution in [0.4, 0.5) is 5.69 Å². The molecule has 1 aromatic heterocycles. The van der Waals surface area contributed by atoms with Gasteiger partial charge in [-0.15, -0.1) is 0 Å². The third-order valence-corrected chi connectivity index (χ3v) is 3.31. The highest BCUT2D eigenvalue weighted by Gasteiger charge is 2.21. The smallest absolute Gasteiger partial charge is 0.0445 e. The molecule has 0 radical (unpaired) electrons. The summed E-state index contributed by atoms with van der Waals surface area (Å²) in [5.74, 6) is 0. The van der Waals surface area contributed by atoms with Crippen LogP contribution < -0.4 is 10.2 Å². The number of anilines is 1. The van der Waals surface area contributed by atoms with E-state index in [-0.39, 0.29) is 0 Å². The Morgan fingerprint density at radius 2 is 2.24 bits per heavy atom. The van der Waals surface area contributed by atoms with E-state index in [1.165, 1.54) is 24.1 Å². The molecule has 3 nitrogen and oxygen atoms in total. The van der Waals surface area contributed by atoms with Crippen LogP contribution in [-0.4, -0.2) is 23.6 Å². The van der Waals surface area contributed by atoms with Crippen molar-refractivity contribution in [2.24, 2.45) is 0 Å². The van der Waals surface area contributed by atoms with Crippen molar-refractivity contribution < 1.29 is 0 Å². The van der Waals surface area contributed by atoms with Crippen molar-refractivity contribution in [3.63, 3.8) is 0 Å². The summed E-state index contributed by atoms with van der Waals surface area (Å²) in [5, 5.41) is 3.56. The number of pyridine rings is 1. The summed E-state index contributed by atoms with van der Waals surface area (Å²) in [7, 11) is 0. The van der Waals surface area contributed by atoms with Crippen molar-refractivity contribution in [3.8, 4) is 0 Å². The average molecular weight is 233 g/mol.